The number of guanidine groups is 1. The highest BCUT2D eigenvalue weighted by molar-refractivity contribution is 5.79. The minimum atomic E-state index is 0.531. The molecule has 7 nitrogen and oxygen atoms in total. The Morgan fingerprint density at radius 2 is 2.00 bits per heavy atom. The molecule has 0 aliphatic rings. The molecule has 0 saturated carbocycles. The fourth-order valence-corrected chi connectivity index (χ4v) is 2.36. The van der Waals surface area contributed by atoms with Crippen LogP contribution in [0.3, 0.4) is 0 Å². The SMILES string of the molecule is CN=C(NCc1cccc(OC)c1)NCc1nnc2ccccn12. The lowest BCUT2D eigenvalue weighted by Crippen LogP contribution is -2.36. The first-order valence-corrected chi connectivity index (χ1v) is 7.66. The lowest BCUT2D eigenvalue weighted by molar-refractivity contribution is 0.414. The molecule has 2 aromatic heterocycles. The summed E-state index contributed by atoms with van der Waals surface area (Å²) in [6.45, 7) is 1.18. The van der Waals surface area contributed by atoms with Crippen LogP contribution in [0.2, 0.25) is 0 Å². The van der Waals surface area contributed by atoms with Gasteiger partial charge in [-0.25, -0.2) is 0 Å². The van der Waals surface area contributed by atoms with E-state index < -0.39 is 0 Å². The van der Waals surface area contributed by atoms with Crippen molar-refractivity contribution in [3.8, 4) is 5.75 Å². The number of nitrogens with one attached hydrogen (secondary N) is 2. The van der Waals surface area contributed by atoms with Gasteiger partial charge in [0.25, 0.3) is 0 Å². The molecule has 3 rings (SSSR count). The molecule has 7 heteroatoms. The van der Waals surface area contributed by atoms with E-state index in [1.54, 1.807) is 14.2 Å². The number of rotatable bonds is 5. The maximum atomic E-state index is 5.23. The molecule has 24 heavy (non-hydrogen) atoms. The van der Waals surface area contributed by atoms with Crippen molar-refractivity contribution >= 4 is 11.6 Å². The van der Waals surface area contributed by atoms with Crippen molar-refractivity contribution in [2.45, 2.75) is 13.1 Å². The highest BCUT2D eigenvalue weighted by Gasteiger charge is 2.05. The molecular weight excluding hydrogens is 304 g/mol. The van der Waals surface area contributed by atoms with E-state index in [1.807, 2.05) is 53.1 Å². The van der Waals surface area contributed by atoms with Crippen LogP contribution in [-0.4, -0.2) is 34.7 Å². The minimum absolute atomic E-state index is 0.531. The van der Waals surface area contributed by atoms with Crippen molar-refractivity contribution < 1.29 is 4.74 Å². The van der Waals surface area contributed by atoms with Crippen molar-refractivity contribution in [2.75, 3.05) is 14.2 Å². The van der Waals surface area contributed by atoms with Gasteiger partial charge >= 0.3 is 0 Å². The number of aromatic nitrogens is 3. The van der Waals surface area contributed by atoms with Gasteiger partial charge in [-0.2, -0.15) is 0 Å². The van der Waals surface area contributed by atoms with Gasteiger partial charge in [-0.05, 0) is 29.8 Å². The number of ether oxygens (including phenoxy) is 1. The van der Waals surface area contributed by atoms with Gasteiger partial charge in [-0.1, -0.05) is 18.2 Å². The van der Waals surface area contributed by atoms with Gasteiger partial charge in [0.2, 0.25) is 0 Å². The lowest BCUT2D eigenvalue weighted by atomic mass is 10.2. The molecule has 124 valence electrons. The Labute approximate surface area is 140 Å². The summed E-state index contributed by atoms with van der Waals surface area (Å²) in [5, 5.41) is 14.8. The Morgan fingerprint density at radius 1 is 1.12 bits per heavy atom. The standard InChI is InChI=1S/C17H20N6O/c1-18-17(19-11-13-6-5-7-14(10-13)24-2)20-12-16-22-21-15-8-3-4-9-23(15)16/h3-10H,11-12H2,1-2H3,(H2,18,19,20). The number of nitrogens with zero attached hydrogens (tertiary/aromatic N) is 4. The van der Waals surface area contributed by atoms with Crippen molar-refractivity contribution in [3.05, 3.63) is 60.0 Å². The van der Waals surface area contributed by atoms with Crippen molar-refractivity contribution in [3.63, 3.8) is 0 Å². The second kappa shape index (κ2) is 7.45. The number of methoxy groups -OCH3 is 1. The molecule has 0 fully saturated rings. The van der Waals surface area contributed by atoms with Gasteiger partial charge in [-0.15, -0.1) is 10.2 Å². The highest BCUT2D eigenvalue weighted by atomic mass is 16.5. The molecule has 0 radical (unpaired) electrons. The van der Waals surface area contributed by atoms with E-state index in [0.717, 1.165) is 22.8 Å². The molecule has 0 aliphatic heterocycles. The summed E-state index contributed by atoms with van der Waals surface area (Å²) < 4.78 is 7.18. The van der Waals surface area contributed by atoms with Crippen LogP contribution in [-0.2, 0) is 13.1 Å². The van der Waals surface area contributed by atoms with Crippen LogP contribution in [0.4, 0.5) is 0 Å². The molecular formula is C17H20N6O. The van der Waals surface area contributed by atoms with E-state index >= 15 is 0 Å². The van der Waals surface area contributed by atoms with Gasteiger partial charge in [0.15, 0.2) is 17.4 Å². The fourth-order valence-electron chi connectivity index (χ4n) is 2.36. The number of hydrogen-bond acceptors (Lipinski definition) is 4. The summed E-state index contributed by atoms with van der Waals surface area (Å²) in [5.41, 5.74) is 1.94. The first-order chi connectivity index (χ1) is 11.8. The number of benzene rings is 1. The zero-order valence-electron chi connectivity index (χ0n) is 13.7. The quantitative estimate of drug-likeness (QED) is 0.551. The summed E-state index contributed by atoms with van der Waals surface area (Å²) in [4.78, 5) is 4.23. The molecule has 1 aromatic carbocycles. The van der Waals surface area contributed by atoms with E-state index in [-0.39, 0.29) is 0 Å². The van der Waals surface area contributed by atoms with E-state index in [2.05, 4.69) is 25.8 Å². The third-order valence-electron chi connectivity index (χ3n) is 3.62. The van der Waals surface area contributed by atoms with Crippen LogP contribution in [0, 0.1) is 0 Å². The van der Waals surface area contributed by atoms with E-state index in [0.29, 0.717) is 19.0 Å². The minimum Gasteiger partial charge on any atom is -0.497 e. The van der Waals surface area contributed by atoms with E-state index in [1.165, 1.54) is 0 Å². The van der Waals surface area contributed by atoms with Gasteiger partial charge < -0.3 is 15.4 Å². The molecule has 0 atom stereocenters. The number of pyridine rings is 1. The molecule has 3 aromatic rings. The first kappa shape index (κ1) is 15.8. The van der Waals surface area contributed by atoms with Gasteiger partial charge in [0, 0.05) is 19.8 Å². The molecule has 0 aliphatic carbocycles. The Morgan fingerprint density at radius 3 is 2.83 bits per heavy atom. The largest absolute Gasteiger partial charge is 0.497 e. The molecule has 2 N–H and O–H groups in total. The van der Waals surface area contributed by atoms with Gasteiger partial charge in [-0.3, -0.25) is 9.39 Å². The maximum absolute atomic E-state index is 5.23. The molecule has 0 amide bonds. The Balaban J connectivity index is 1.59. The second-order valence-electron chi connectivity index (χ2n) is 5.18. The maximum Gasteiger partial charge on any atom is 0.191 e. The monoisotopic (exact) mass is 324 g/mol. The number of fused-ring (bicyclic) bond motifs is 1. The van der Waals surface area contributed by atoms with Crippen LogP contribution in [0.25, 0.3) is 5.65 Å². The van der Waals surface area contributed by atoms with Gasteiger partial charge in [0.05, 0.1) is 13.7 Å². The smallest absolute Gasteiger partial charge is 0.191 e. The van der Waals surface area contributed by atoms with Crippen molar-refractivity contribution in [2.24, 2.45) is 4.99 Å². The summed E-state index contributed by atoms with van der Waals surface area (Å²) in [5.74, 6) is 2.37. The average Bonchev–Trinajstić information content (AvgIpc) is 3.05. The summed E-state index contributed by atoms with van der Waals surface area (Å²) in [6.07, 6.45) is 1.94. The molecule has 0 unspecified atom stereocenters. The lowest BCUT2D eigenvalue weighted by Gasteiger charge is -2.12. The zero-order valence-corrected chi connectivity index (χ0v) is 13.7. The predicted molar refractivity (Wildman–Crippen MR) is 93.0 cm³/mol. The van der Waals surface area contributed by atoms with Crippen LogP contribution < -0.4 is 15.4 Å². The molecule has 2 heterocycles. The normalized spacial score (nSPS) is 11.5. The Kier molecular flexibility index (Phi) is 4.90. The summed E-state index contributed by atoms with van der Waals surface area (Å²) >= 11 is 0. The van der Waals surface area contributed by atoms with Crippen LogP contribution in [0.15, 0.2) is 53.7 Å². The zero-order chi connectivity index (χ0) is 16.8. The topological polar surface area (TPSA) is 75.8 Å². The Bertz CT molecular complexity index is 842. The van der Waals surface area contributed by atoms with Gasteiger partial charge in [0.1, 0.15) is 5.75 Å². The second-order valence-corrected chi connectivity index (χ2v) is 5.18. The summed E-state index contributed by atoms with van der Waals surface area (Å²) in [7, 11) is 3.40. The number of aliphatic imine (C=N–C) groups is 1. The van der Waals surface area contributed by atoms with Crippen LogP contribution >= 0.6 is 0 Å². The van der Waals surface area contributed by atoms with Crippen molar-refractivity contribution in [1.82, 2.24) is 25.2 Å². The molecule has 0 saturated heterocycles. The predicted octanol–water partition coefficient (Wildman–Crippen LogP) is 1.60. The average molecular weight is 324 g/mol. The van der Waals surface area contributed by atoms with E-state index in [9.17, 15) is 0 Å². The summed E-state index contributed by atoms with van der Waals surface area (Å²) in [6, 6.07) is 13.7. The third-order valence-corrected chi connectivity index (χ3v) is 3.62. The fraction of sp³-hybridized carbons (Fsp3) is 0.235. The highest BCUT2D eigenvalue weighted by Crippen LogP contribution is 2.12. The molecule has 0 bridgehead atoms. The van der Waals surface area contributed by atoms with E-state index in [4.69, 9.17) is 4.74 Å². The third kappa shape index (κ3) is 3.62. The Hall–Kier alpha value is -3.09. The van der Waals surface area contributed by atoms with Crippen LogP contribution in [0.5, 0.6) is 5.75 Å². The molecule has 0 spiro atoms. The van der Waals surface area contributed by atoms with Crippen molar-refractivity contribution in [1.29, 1.82) is 0 Å². The number of hydrogen-bond donors (Lipinski definition) is 2. The van der Waals surface area contributed by atoms with Crippen LogP contribution in [0.1, 0.15) is 11.4 Å². The first-order valence-electron chi connectivity index (χ1n) is 7.66.